The van der Waals surface area contributed by atoms with Gasteiger partial charge in [0, 0.05) is 23.8 Å². The third kappa shape index (κ3) is 4.89. The highest BCUT2D eigenvalue weighted by Gasteiger charge is 2.47. The van der Waals surface area contributed by atoms with Gasteiger partial charge in [0.05, 0.1) is 22.8 Å². The van der Waals surface area contributed by atoms with Crippen molar-refractivity contribution in [2.75, 3.05) is 13.7 Å². The highest BCUT2D eigenvalue weighted by Crippen LogP contribution is 2.40. The topological polar surface area (TPSA) is 126 Å². The number of halogens is 3. The lowest BCUT2D eigenvalue weighted by molar-refractivity contribution is -0.186. The van der Waals surface area contributed by atoms with Gasteiger partial charge in [0.25, 0.3) is 0 Å². The molecule has 1 aromatic carbocycles. The number of nitriles is 1. The first-order valence-electron chi connectivity index (χ1n) is 9.93. The summed E-state index contributed by atoms with van der Waals surface area (Å²) in [4.78, 5) is 4.47. The molecule has 9 nitrogen and oxygen atoms in total. The molecule has 0 saturated carbocycles. The molecule has 1 fully saturated rings. The van der Waals surface area contributed by atoms with Crippen molar-refractivity contribution in [1.82, 2.24) is 20.0 Å². The van der Waals surface area contributed by atoms with Crippen LogP contribution in [-0.2, 0) is 9.47 Å². The van der Waals surface area contributed by atoms with Gasteiger partial charge in [0.15, 0.2) is 5.69 Å². The van der Waals surface area contributed by atoms with Gasteiger partial charge in [-0.3, -0.25) is 0 Å². The Hall–Kier alpha value is -2.30. The quantitative estimate of drug-likeness (QED) is 0.498. The van der Waals surface area contributed by atoms with Crippen LogP contribution in [0.2, 0.25) is 10.0 Å². The number of aromatic nitrogens is 4. The fourth-order valence-electron chi connectivity index (χ4n) is 3.64. The Balaban J connectivity index is 1.68. The lowest BCUT2D eigenvalue weighted by Crippen LogP contribution is -2.55. The van der Waals surface area contributed by atoms with Gasteiger partial charge in [-0.05, 0) is 18.2 Å². The van der Waals surface area contributed by atoms with E-state index in [0.717, 1.165) is 11.8 Å². The van der Waals surface area contributed by atoms with Crippen LogP contribution in [0.5, 0.6) is 0 Å². The van der Waals surface area contributed by atoms with Crippen molar-refractivity contribution in [2.24, 2.45) is 0 Å². The average molecular weight is 526 g/mol. The van der Waals surface area contributed by atoms with E-state index in [0.29, 0.717) is 21.2 Å². The van der Waals surface area contributed by atoms with Gasteiger partial charge in [0.2, 0.25) is 0 Å². The highest BCUT2D eigenvalue weighted by molar-refractivity contribution is 7.99. The molecule has 2 N–H and O–H groups in total. The van der Waals surface area contributed by atoms with E-state index in [9.17, 15) is 19.9 Å². The first-order chi connectivity index (χ1) is 16.4. The molecule has 0 spiro atoms. The van der Waals surface area contributed by atoms with Crippen LogP contribution < -0.4 is 0 Å². The molecule has 0 unspecified atom stereocenters. The number of methoxy groups -OCH3 is 1. The number of benzene rings is 1. The van der Waals surface area contributed by atoms with E-state index in [2.05, 4.69) is 15.3 Å². The number of thioether (sulfide) groups is 1. The number of hydrogen-bond donors (Lipinski definition) is 2. The summed E-state index contributed by atoms with van der Waals surface area (Å²) in [5.41, 5.74) is 0.157. The second-order valence-electron chi connectivity index (χ2n) is 7.35. The molecule has 0 bridgehead atoms. The predicted octanol–water partition coefficient (Wildman–Crippen LogP) is 3.08. The Morgan fingerprint density at radius 2 is 2.15 bits per heavy atom. The van der Waals surface area contributed by atoms with E-state index in [-0.39, 0.29) is 10.7 Å². The summed E-state index contributed by atoms with van der Waals surface area (Å²) in [6.45, 7) is -0.478. The molecule has 2 aromatic heterocycles. The number of aliphatic hydroxyl groups excluding tert-OH is 2. The summed E-state index contributed by atoms with van der Waals surface area (Å²) in [7, 11) is 1.44. The van der Waals surface area contributed by atoms with Crippen LogP contribution in [0.3, 0.4) is 0 Å². The van der Waals surface area contributed by atoms with E-state index in [4.69, 9.17) is 32.7 Å². The summed E-state index contributed by atoms with van der Waals surface area (Å²) >= 11 is 12.9. The summed E-state index contributed by atoms with van der Waals surface area (Å²) in [5.74, 6) is -0.602. The van der Waals surface area contributed by atoms with Crippen LogP contribution in [0.1, 0.15) is 11.7 Å². The molecule has 1 aliphatic heterocycles. The predicted molar refractivity (Wildman–Crippen MR) is 122 cm³/mol. The third-order valence-electron chi connectivity index (χ3n) is 5.30. The monoisotopic (exact) mass is 525 g/mol. The van der Waals surface area contributed by atoms with Crippen LogP contribution in [0.4, 0.5) is 4.39 Å². The number of aliphatic hydroxyl groups is 2. The molecule has 1 aliphatic rings. The minimum absolute atomic E-state index is 0.0201. The maximum atomic E-state index is 13.9. The summed E-state index contributed by atoms with van der Waals surface area (Å²) in [6, 6.07) is 6.98. The Bertz CT molecular complexity index is 1230. The lowest BCUT2D eigenvalue weighted by Gasteiger charge is -2.43. The van der Waals surface area contributed by atoms with Crippen LogP contribution in [0.15, 0.2) is 41.6 Å². The van der Waals surface area contributed by atoms with Crippen molar-refractivity contribution in [3.63, 3.8) is 0 Å². The maximum absolute atomic E-state index is 13.9. The van der Waals surface area contributed by atoms with Crippen molar-refractivity contribution in [1.29, 1.82) is 5.26 Å². The molecule has 0 amide bonds. The Morgan fingerprint density at radius 3 is 2.82 bits per heavy atom. The summed E-state index contributed by atoms with van der Waals surface area (Å²) in [5, 5.41) is 38.7. The minimum atomic E-state index is -1.21. The normalized spacial score (nSPS) is 24.7. The number of pyridine rings is 1. The highest BCUT2D eigenvalue weighted by atomic mass is 35.5. The van der Waals surface area contributed by atoms with Crippen molar-refractivity contribution in [3.05, 3.63) is 58.2 Å². The van der Waals surface area contributed by atoms with Crippen molar-refractivity contribution in [2.45, 2.75) is 34.7 Å². The standard InChI is InChI=1S/C21H18Cl2FN5O4S/c1-32-20-18(29-8-15(27-28-29)10-2-3-12(23)13(24)4-10)19(31)16(9-30)33-21(20)34-17-5-11(22)7-26-14(17)6-25/h2-5,7-8,16,18-21,30-31H,9H2,1H3/t16-,18+,19+,20-,21-/m1/s1. The number of hydrogen-bond acceptors (Lipinski definition) is 9. The molecular weight excluding hydrogens is 508 g/mol. The number of nitrogens with zero attached hydrogens (tertiary/aromatic N) is 5. The molecule has 4 rings (SSSR count). The Morgan fingerprint density at radius 1 is 1.35 bits per heavy atom. The van der Waals surface area contributed by atoms with E-state index < -0.39 is 42.2 Å². The second kappa shape index (κ2) is 10.5. The summed E-state index contributed by atoms with van der Waals surface area (Å²) in [6.07, 6.45) is -0.0846. The maximum Gasteiger partial charge on any atom is 0.154 e. The van der Waals surface area contributed by atoms with Crippen LogP contribution in [0.25, 0.3) is 11.3 Å². The minimum Gasteiger partial charge on any atom is -0.394 e. The van der Waals surface area contributed by atoms with Crippen LogP contribution in [0, 0.1) is 17.1 Å². The molecule has 13 heteroatoms. The molecule has 3 heterocycles. The first kappa shape index (κ1) is 24.8. The molecule has 3 aromatic rings. The average Bonchev–Trinajstić information content (AvgIpc) is 3.31. The van der Waals surface area contributed by atoms with Gasteiger partial charge >= 0.3 is 0 Å². The van der Waals surface area contributed by atoms with Gasteiger partial charge < -0.3 is 19.7 Å². The third-order valence-corrected chi connectivity index (χ3v) is 6.99. The van der Waals surface area contributed by atoms with E-state index >= 15 is 0 Å². The van der Waals surface area contributed by atoms with Crippen molar-refractivity contribution < 1.29 is 24.1 Å². The Kier molecular flexibility index (Phi) is 7.69. The van der Waals surface area contributed by atoms with E-state index in [1.54, 1.807) is 12.1 Å². The number of ether oxygens (including phenoxy) is 2. The largest absolute Gasteiger partial charge is 0.394 e. The van der Waals surface area contributed by atoms with Crippen LogP contribution >= 0.6 is 35.0 Å². The van der Waals surface area contributed by atoms with Crippen molar-refractivity contribution >= 4 is 35.0 Å². The number of rotatable bonds is 6. The van der Waals surface area contributed by atoms with E-state index in [1.807, 2.05) is 6.07 Å². The molecule has 1 saturated heterocycles. The van der Waals surface area contributed by atoms with Gasteiger partial charge in [-0.15, -0.1) is 5.10 Å². The van der Waals surface area contributed by atoms with Crippen molar-refractivity contribution in [3.8, 4) is 17.3 Å². The molecule has 178 valence electrons. The van der Waals surface area contributed by atoms with Crippen LogP contribution in [-0.4, -0.2) is 67.7 Å². The molecule has 34 heavy (non-hydrogen) atoms. The first-order valence-corrected chi connectivity index (χ1v) is 11.6. The Labute approximate surface area is 208 Å². The fraction of sp³-hybridized carbons (Fsp3) is 0.333. The zero-order valence-corrected chi connectivity index (χ0v) is 19.9. The van der Waals surface area contributed by atoms with Gasteiger partial charge in [0.1, 0.15) is 47.4 Å². The molecule has 5 atom stereocenters. The molecular formula is C21H18Cl2FN5O4S. The zero-order valence-electron chi connectivity index (χ0n) is 17.5. The second-order valence-corrected chi connectivity index (χ2v) is 9.33. The van der Waals surface area contributed by atoms with Gasteiger partial charge in [-0.1, -0.05) is 46.2 Å². The molecule has 0 radical (unpaired) electrons. The van der Waals surface area contributed by atoms with E-state index in [1.165, 1.54) is 36.3 Å². The smallest absolute Gasteiger partial charge is 0.154 e. The SMILES string of the molecule is CO[C@@H]1[C@@H](n2cc(-c3ccc(Cl)c(F)c3)nn2)[C@@H](O)[C@@H](CO)O[C@@H]1Sc1cc(Cl)cnc1C#N. The molecule has 0 aliphatic carbocycles. The fourth-order valence-corrected chi connectivity index (χ4v) is 5.24. The van der Waals surface area contributed by atoms with Gasteiger partial charge in [-0.2, -0.15) is 5.26 Å². The zero-order chi connectivity index (χ0) is 24.4. The van der Waals surface area contributed by atoms with Gasteiger partial charge in [-0.25, -0.2) is 14.1 Å². The summed E-state index contributed by atoms with van der Waals surface area (Å²) < 4.78 is 26.9. The lowest BCUT2D eigenvalue weighted by atomic mass is 9.97.